The summed E-state index contributed by atoms with van der Waals surface area (Å²) in [5.74, 6) is 0.413. The van der Waals surface area contributed by atoms with Crippen LogP contribution in [0, 0.1) is 6.92 Å². The average molecular weight is 342 g/mol. The lowest BCUT2D eigenvalue weighted by atomic mass is 10.2. The van der Waals surface area contributed by atoms with E-state index < -0.39 is 0 Å². The maximum atomic E-state index is 12.1. The van der Waals surface area contributed by atoms with E-state index in [1.807, 2.05) is 50.2 Å². The van der Waals surface area contributed by atoms with E-state index in [1.165, 1.54) is 11.8 Å². The van der Waals surface area contributed by atoms with Crippen molar-refractivity contribution in [3.63, 3.8) is 0 Å². The van der Waals surface area contributed by atoms with E-state index in [9.17, 15) is 9.59 Å². The van der Waals surface area contributed by atoms with E-state index in [4.69, 9.17) is 4.74 Å². The van der Waals surface area contributed by atoms with Gasteiger partial charge in [-0.2, -0.15) is 0 Å². The first kappa shape index (κ1) is 16.4. The summed E-state index contributed by atoms with van der Waals surface area (Å²) in [6.07, 6.45) is 0. The van der Waals surface area contributed by atoms with Crippen molar-refractivity contribution in [3.8, 4) is 5.75 Å². The molecule has 24 heavy (non-hydrogen) atoms. The fourth-order valence-corrected chi connectivity index (χ4v) is 3.28. The molecule has 0 aliphatic carbocycles. The van der Waals surface area contributed by atoms with Crippen LogP contribution in [0.1, 0.15) is 12.5 Å². The topological polar surface area (TPSA) is 67.4 Å². The van der Waals surface area contributed by atoms with Crippen molar-refractivity contribution in [1.29, 1.82) is 0 Å². The molecular formula is C18H18N2O3S. The van der Waals surface area contributed by atoms with E-state index in [2.05, 4.69) is 10.6 Å². The second-order valence-electron chi connectivity index (χ2n) is 5.56. The number of thioether (sulfide) groups is 1. The largest absolute Gasteiger partial charge is 0.483 e. The third-order valence-electron chi connectivity index (χ3n) is 3.65. The van der Waals surface area contributed by atoms with E-state index >= 15 is 0 Å². The standard InChI is InChI=1S/C18H18N2O3S/c1-11-5-3-4-6-15(11)23-10-17(21)19-13-7-8-16-14(9-13)20-18(22)12(2)24-16/h3-9,12H,10H2,1-2H3,(H,19,21)(H,20,22). The van der Waals surface area contributed by atoms with Crippen molar-refractivity contribution in [2.45, 2.75) is 24.0 Å². The Morgan fingerprint density at radius 3 is 2.88 bits per heavy atom. The highest BCUT2D eigenvalue weighted by Crippen LogP contribution is 2.36. The molecule has 0 bridgehead atoms. The summed E-state index contributed by atoms with van der Waals surface area (Å²) in [6, 6.07) is 13.0. The number of benzene rings is 2. The zero-order valence-corrected chi connectivity index (χ0v) is 14.3. The number of carbonyl (C=O) groups excluding carboxylic acids is 2. The minimum atomic E-state index is -0.249. The van der Waals surface area contributed by atoms with Gasteiger partial charge in [-0.3, -0.25) is 9.59 Å². The second kappa shape index (κ2) is 6.97. The molecule has 2 N–H and O–H groups in total. The Bertz CT molecular complexity index is 792. The van der Waals surface area contributed by atoms with Crippen LogP contribution in [0.5, 0.6) is 5.75 Å². The zero-order chi connectivity index (χ0) is 17.1. The molecule has 2 aromatic carbocycles. The van der Waals surface area contributed by atoms with Crippen LogP contribution in [0.25, 0.3) is 0 Å². The van der Waals surface area contributed by atoms with E-state index in [0.29, 0.717) is 11.4 Å². The third kappa shape index (κ3) is 3.71. The summed E-state index contributed by atoms with van der Waals surface area (Å²) in [7, 11) is 0. The van der Waals surface area contributed by atoms with Gasteiger partial charge in [0.05, 0.1) is 10.9 Å². The smallest absolute Gasteiger partial charge is 0.262 e. The zero-order valence-electron chi connectivity index (χ0n) is 13.5. The summed E-state index contributed by atoms with van der Waals surface area (Å²) in [4.78, 5) is 24.8. The lowest BCUT2D eigenvalue weighted by Crippen LogP contribution is -2.26. The maximum Gasteiger partial charge on any atom is 0.262 e. The maximum absolute atomic E-state index is 12.1. The molecule has 2 aromatic rings. The number of carbonyl (C=O) groups is 2. The normalized spacial score (nSPS) is 16.1. The number of para-hydroxylation sites is 1. The van der Waals surface area contributed by atoms with Crippen molar-refractivity contribution < 1.29 is 14.3 Å². The summed E-state index contributed by atoms with van der Waals surface area (Å²) in [5, 5.41) is 5.52. The van der Waals surface area contributed by atoms with Gasteiger partial charge in [0.25, 0.3) is 5.91 Å². The Morgan fingerprint density at radius 2 is 2.08 bits per heavy atom. The number of anilines is 2. The molecule has 3 rings (SSSR count). The molecule has 0 saturated carbocycles. The third-order valence-corrected chi connectivity index (χ3v) is 4.82. The lowest BCUT2D eigenvalue weighted by Gasteiger charge is -2.22. The fraction of sp³-hybridized carbons (Fsp3) is 0.222. The van der Waals surface area contributed by atoms with Gasteiger partial charge >= 0.3 is 0 Å². The van der Waals surface area contributed by atoms with E-state index in [0.717, 1.165) is 16.1 Å². The first-order chi connectivity index (χ1) is 11.5. The van der Waals surface area contributed by atoms with Crippen LogP contribution in [0.4, 0.5) is 11.4 Å². The van der Waals surface area contributed by atoms with Crippen LogP contribution in [0.2, 0.25) is 0 Å². The predicted molar refractivity (Wildman–Crippen MR) is 95.7 cm³/mol. The number of amides is 2. The van der Waals surface area contributed by atoms with Gasteiger partial charge in [0, 0.05) is 10.6 Å². The number of hydrogen-bond donors (Lipinski definition) is 2. The fourth-order valence-electron chi connectivity index (χ4n) is 2.35. The molecule has 1 heterocycles. The summed E-state index contributed by atoms with van der Waals surface area (Å²) in [5.41, 5.74) is 2.33. The molecular weight excluding hydrogens is 324 g/mol. The van der Waals surface area contributed by atoms with Gasteiger partial charge in [0.2, 0.25) is 5.91 Å². The number of rotatable bonds is 4. The van der Waals surface area contributed by atoms with Crippen LogP contribution < -0.4 is 15.4 Å². The number of nitrogens with one attached hydrogen (secondary N) is 2. The Labute approximate surface area is 144 Å². The summed E-state index contributed by atoms with van der Waals surface area (Å²) in [6.45, 7) is 3.72. The van der Waals surface area contributed by atoms with Crippen LogP contribution in [0.3, 0.4) is 0 Å². The Balaban J connectivity index is 1.62. The molecule has 0 saturated heterocycles. The monoisotopic (exact) mass is 342 g/mol. The van der Waals surface area contributed by atoms with Crippen LogP contribution >= 0.6 is 11.8 Å². The van der Waals surface area contributed by atoms with Crippen molar-refractivity contribution >= 4 is 35.0 Å². The molecule has 124 valence electrons. The van der Waals surface area contributed by atoms with Gasteiger partial charge < -0.3 is 15.4 Å². The SMILES string of the molecule is Cc1ccccc1OCC(=O)Nc1ccc2c(c1)NC(=O)C(C)S2. The predicted octanol–water partition coefficient (Wildman–Crippen LogP) is 3.45. The van der Waals surface area contributed by atoms with Crippen molar-refractivity contribution in [1.82, 2.24) is 0 Å². The molecule has 1 unspecified atom stereocenters. The highest BCUT2D eigenvalue weighted by molar-refractivity contribution is 8.00. The number of hydrogen-bond acceptors (Lipinski definition) is 4. The van der Waals surface area contributed by atoms with Crippen LogP contribution in [-0.4, -0.2) is 23.7 Å². The molecule has 2 amide bonds. The summed E-state index contributed by atoms with van der Waals surface area (Å²) < 4.78 is 5.53. The second-order valence-corrected chi connectivity index (χ2v) is 6.95. The molecule has 5 nitrogen and oxygen atoms in total. The molecule has 6 heteroatoms. The quantitative estimate of drug-likeness (QED) is 0.893. The van der Waals surface area contributed by atoms with E-state index in [-0.39, 0.29) is 23.7 Å². The Hall–Kier alpha value is -2.47. The van der Waals surface area contributed by atoms with Crippen LogP contribution in [0.15, 0.2) is 47.4 Å². The number of fused-ring (bicyclic) bond motifs is 1. The molecule has 0 fully saturated rings. The molecule has 1 atom stereocenters. The minimum absolute atomic E-state index is 0.0288. The minimum Gasteiger partial charge on any atom is -0.483 e. The van der Waals surface area contributed by atoms with Crippen molar-refractivity contribution in [2.75, 3.05) is 17.2 Å². The number of ether oxygens (including phenoxy) is 1. The molecule has 1 aliphatic heterocycles. The first-order valence-electron chi connectivity index (χ1n) is 7.63. The average Bonchev–Trinajstić information content (AvgIpc) is 2.55. The summed E-state index contributed by atoms with van der Waals surface area (Å²) >= 11 is 1.51. The molecule has 0 radical (unpaired) electrons. The van der Waals surface area contributed by atoms with Crippen LogP contribution in [-0.2, 0) is 9.59 Å². The first-order valence-corrected chi connectivity index (χ1v) is 8.51. The van der Waals surface area contributed by atoms with Gasteiger partial charge in [0.15, 0.2) is 6.61 Å². The van der Waals surface area contributed by atoms with Gasteiger partial charge in [-0.05, 0) is 43.7 Å². The van der Waals surface area contributed by atoms with Gasteiger partial charge in [-0.1, -0.05) is 18.2 Å². The molecule has 0 aromatic heterocycles. The van der Waals surface area contributed by atoms with Gasteiger partial charge in [-0.15, -0.1) is 11.8 Å². The molecule has 1 aliphatic rings. The van der Waals surface area contributed by atoms with Gasteiger partial charge in [0.1, 0.15) is 5.75 Å². The lowest BCUT2D eigenvalue weighted by molar-refractivity contribution is -0.118. The highest BCUT2D eigenvalue weighted by Gasteiger charge is 2.23. The highest BCUT2D eigenvalue weighted by atomic mass is 32.2. The Kier molecular flexibility index (Phi) is 4.76. The van der Waals surface area contributed by atoms with Gasteiger partial charge in [-0.25, -0.2) is 0 Å². The van der Waals surface area contributed by atoms with Crippen molar-refractivity contribution in [3.05, 3.63) is 48.0 Å². The van der Waals surface area contributed by atoms with E-state index in [1.54, 1.807) is 6.07 Å². The molecule has 0 spiro atoms. The van der Waals surface area contributed by atoms with Crippen molar-refractivity contribution in [2.24, 2.45) is 0 Å². The Morgan fingerprint density at radius 1 is 1.29 bits per heavy atom. The number of aryl methyl sites for hydroxylation is 1.